The van der Waals surface area contributed by atoms with E-state index in [1.807, 2.05) is 13.8 Å². The zero-order valence-corrected chi connectivity index (χ0v) is 11.9. The van der Waals surface area contributed by atoms with E-state index < -0.39 is 4.92 Å². The molecule has 0 aliphatic carbocycles. The van der Waals surface area contributed by atoms with Crippen molar-refractivity contribution in [1.29, 1.82) is 0 Å². The monoisotopic (exact) mass is 326 g/mol. The fourth-order valence-electron chi connectivity index (χ4n) is 1.58. The van der Waals surface area contributed by atoms with Crippen LogP contribution in [0.5, 0.6) is 0 Å². The van der Waals surface area contributed by atoms with Crippen molar-refractivity contribution in [3.8, 4) is 0 Å². The van der Waals surface area contributed by atoms with Crippen LogP contribution in [0.1, 0.15) is 17.0 Å². The van der Waals surface area contributed by atoms with Gasteiger partial charge in [0.25, 0.3) is 5.69 Å². The molecule has 0 radical (unpaired) electrons. The molecule has 0 spiro atoms. The number of nitrogens with one attached hydrogen (secondary N) is 1. The highest BCUT2D eigenvalue weighted by Gasteiger charge is 2.12. The number of nitro groups is 1. The van der Waals surface area contributed by atoms with Crippen molar-refractivity contribution in [2.45, 2.75) is 20.4 Å². The number of halogens is 1. The van der Waals surface area contributed by atoms with Crippen LogP contribution in [0.25, 0.3) is 0 Å². The Hall–Kier alpha value is -1.96. The number of aromatic nitrogens is 2. The molecule has 0 amide bonds. The molecule has 19 heavy (non-hydrogen) atoms. The summed E-state index contributed by atoms with van der Waals surface area (Å²) >= 11 is 3.25. The van der Waals surface area contributed by atoms with Crippen LogP contribution in [-0.2, 0) is 6.54 Å². The Morgan fingerprint density at radius 1 is 1.53 bits per heavy atom. The van der Waals surface area contributed by atoms with Crippen LogP contribution >= 0.6 is 15.9 Å². The molecule has 7 nitrogen and oxygen atoms in total. The van der Waals surface area contributed by atoms with Crippen molar-refractivity contribution in [3.63, 3.8) is 0 Å². The van der Waals surface area contributed by atoms with Gasteiger partial charge in [-0.1, -0.05) is 5.16 Å². The summed E-state index contributed by atoms with van der Waals surface area (Å²) in [4.78, 5) is 14.1. The molecule has 8 heteroatoms. The molecule has 2 heterocycles. The van der Waals surface area contributed by atoms with E-state index in [1.54, 1.807) is 0 Å². The normalized spacial score (nSPS) is 10.5. The Balaban J connectivity index is 2.14. The molecule has 100 valence electrons. The van der Waals surface area contributed by atoms with Gasteiger partial charge in [0.05, 0.1) is 15.1 Å². The third kappa shape index (κ3) is 2.90. The summed E-state index contributed by atoms with van der Waals surface area (Å²) < 4.78 is 5.59. The SMILES string of the molecule is Cc1noc(C)c1CNc1ncc([N+](=O)[O-])cc1Br. The quantitative estimate of drug-likeness (QED) is 0.685. The number of aryl methyl sites for hydroxylation is 2. The lowest BCUT2D eigenvalue weighted by Crippen LogP contribution is -2.04. The summed E-state index contributed by atoms with van der Waals surface area (Å²) in [5.74, 6) is 1.27. The van der Waals surface area contributed by atoms with Crippen LogP contribution in [0.3, 0.4) is 0 Å². The number of nitrogens with zero attached hydrogens (tertiary/aromatic N) is 3. The number of hydrogen-bond donors (Lipinski definition) is 1. The molecule has 0 saturated carbocycles. The van der Waals surface area contributed by atoms with Gasteiger partial charge in [-0.2, -0.15) is 0 Å². The maximum Gasteiger partial charge on any atom is 0.288 e. The van der Waals surface area contributed by atoms with E-state index in [1.165, 1.54) is 12.3 Å². The lowest BCUT2D eigenvalue weighted by Gasteiger charge is -2.06. The Labute approximate surface area is 117 Å². The highest BCUT2D eigenvalue weighted by molar-refractivity contribution is 9.10. The Kier molecular flexibility index (Phi) is 3.79. The van der Waals surface area contributed by atoms with E-state index in [4.69, 9.17) is 4.52 Å². The minimum atomic E-state index is -0.490. The van der Waals surface area contributed by atoms with Crippen molar-refractivity contribution in [2.24, 2.45) is 0 Å². The standard InChI is InChI=1S/C11H11BrN4O3/c1-6-9(7(2)19-15-6)5-14-11-10(12)3-8(4-13-11)16(17)18/h3-4H,5H2,1-2H3,(H,13,14). The molecule has 0 bridgehead atoms. The van der Waals surface area contributed by atoms with Crippen molar-refractivity contribution < 1.29 is 9.45 Å². The van der Waals surface area contributed by atoms with Crippen LogP contribution in [-0.4, -0.2) is 15.1 Å². The first kappa shape index (κ1) is 13.5. The van der Waals surface area contributed by atoms with Crippen LogP contribution in [0.2, 0.25) is 0 Å². The van der Waals surface area contributed by atoms with Crippen molar-refractivity contribution in [2.75, 3.05) is 5.32 Å². The first-order valence-corrected chi connectivity index (χ1v) is 6.24. The number of rotatable bonds is 4. The molecule has 2 aromatic rings. The molecule has 0 fully saturated rings. The number of anilines is 1. The number of hydrogen-bond acceptors (Lipinski definition) is 6. The van der Waals surface area contributed by atoms with Crippen molar-refractivity contribution in [1.82, 2.24) is 10.1 Å². The smallest absolute Gasteiger partial charge is 0.288 e. The lowest BCUT2D eigenvalue weighted by molar-refractivity contribution is -0.385. The van der Waals surface area contributed by atoms with Gasteiger partial charge in [-0.15, -0.1) is 0 Å². The molecule has 2 aromatic heterocycles. The summed E-state index contributed by atoms with van der Waals surface area (Å²) in [6.07, 6.45) is 1.21. The first-order valence-electron chi connectivity index (χ1n) is 5.44. The van der Waals surface area contributed by atoms with Gasteiger partial charge >= 0.3 is 0 Å². The predicted molar refractivity (Wildman–Crippen MR) is 71.9 cm³/mol. The van der Waals surface area contributed by atoms with Gasteiger partial charge in [0.15, 0.2) is 0 Å². The summed E-state index contributed by atoms with van der Waals surface area (Å²) in [7, 11) is 0. The van der Waals surface area contributed by atoms with E-state index in [0.717, 1.165) is 17.0 Å². The molecule has 0 aliphatic heterocycles. The summed E-state index contributed by atoms with van der Waals surface area (Å²) in [5.41, 5.74) is 1.70. The van der Waals surface area contributed by atoms with Crippen LogP contribution in [0.15, 0.2) is 21.3 Å². The van der Waals surface area contributed by atoms with Crippen LogP contribution in [0.4, 0.5) is 11.5 Å². The molecule has 0 aromatic carbocycles. The van der Waals surface area contributed by atoms with Crippen molar-refractivity contribution >= 4 is 27.4 Å². The molecule has 2 rings (SSSR count). The summed E-state index contributed by atoms with van der Waals surface area (Å²) in [6.45, 7) is 4.17. The van der Waals surface area contributed by atoms with Gasteiger partial charge in [0.1, 0.15) is 17.8 Å². The van der Waals surface area contributed by atoms with Gasteiger partial charge < -0.3 is 9.84 Å². The van der Waals surface area contributed by atoms with Gasteiger partial charge in [-0.05, 0) is 29.8 Å². The molecule has 1 N–H and O–H groups in total. The summed E-state index contributed by atoms with van der Waals surface area (Å²) in [6, 6.07) is 1.41. The zero-order chi connectivity index (χ0) is 14.0. The highest BCUT2D eigenvalue weighted by atomic mass is 79.9. The lowest BCUT2D eigenvalue weighted by atomic mass is 10.2. The highest BCUT2D eigenvalue weighted by Crippen LogP contribution is 2.25. The summed E-state index contributed by atoms with van der Waals surface area (Å²) in [5, 5.41) is 17.5. The minimum absolute atomic E-state index is 0.0604. The maximum absolute atomic E-state index is 10.6. The predicted octanol–water partition coefficient (Wildman–Crippen LogP) is 2.97. The van der Waals surface area contributed by atoms with Gasteiger partial charge in [-0.25, -0.2) is 4.98 Å². The fourth-order valence-corrected chi connectivity index (χ4v) is 2.06. The molecular weight excluding hydrogens is 316 g/mol. The zero-order valence-electron chi connectivity index (χ0n) is 10.3. The Morgan fingerprint density at radius 3 is 2.79 bits per heavy atom. The second kappa shape index (κ2) is 5.35. The van der Waals surface area contributed by atoms with Crippen LogP contribution in [0, 0.1) is 24.0 Å². The molecule has 0 saturated heterocycles. The third-order valence-corrected chi connectivity index (χ3v) is 3.26. The molecule has 0 aliphatic rings. The number of pyridine rings is 1. The molecule has 0 atom stereocenters. The average Bonchev–Trinajstić information content (AvgIpc) is 2.68. The van der Waals surface area contributed by atoms with Gasteiger partial charge in [0, 0.05) is 18.2 Å². The van der Waals surface area contributed by atoms with E-state index in [2.05, 4.69) is 31.4 Å². The van der Waals surface area contributed by atoms with Crippen molar-refractivity contribution in [3.05, 3.63) is 43.9 Å². The topological polar surface area (TPSA) is 94.1 Å². The van der Waals surface area contributed by atoms with Gasteiger partial charge in [-0.3, -0.25) is 10.1 Å². The van der Waals surface area contributed by atoms with Crippen LogP contribution < -0.4 is 5.32 Å². The fraction of sp³-hybridized carbons (Fsp3) is 0.273. The maximum atomic E-state index is 10.6. The average molecular weight is 327 g/mol. The first-order chi connectivity index (χ1) is 8.99. The Bertz CT molecular complexity index is 607. The van der Waals surface area contributed by atoms with Gasteiger partial charge in [0.2, 0.25) is 0 Å². The minimum Gasteiger partial charge on any atom is -0.365 e. The second-order valence-corrected chi connectivity index (χ2v) is 4.79. The second-order valence-electron chi connectivity index (χ2n) is 3.94. The largest absolute Gasteiger partial charge is 0.365 e. The molecule has 0 unspecified atom stereocenters. The third-order valence-electron chi connectivity index (χ3n) is 2.65. The molecular formula is C11H11BrN4O3. The van der Waals surface area contributed by atoms with E-state index >= 15 is 0 Å². The van der Waals surface area contributed by atoms with E-state index in [9.17, 15) is 10.1 Å². The van der Waals surface area contributed by atoms with E-state index in [-0.39, 0.29) is 5.69 Å². The Morgan fingerprint density at radius 2 is 2.26 bits per heavy atom. The van der Waals surface area contributed by atoms with E-state index in [0.29, 0.717) is 16.8 Å².